The molecule has 5 radical (unpaired) electrons. The molecular weight excluding hydrogens is 2790 g/mol. The zero-order valence-corrected chi connectivity index (χ0v) is 91.3. The maximum absolute atomic E-state index is 10.8. The zero-order chi connectivity index (χ0) is 98.1. The summed E-state index contributed by atoms with van der Waals surface area (Å²) in [7, 11) is 0. The van der Waals surface area contributed by atoms with Crippen molar-refractivity contribution in [3.8, 4) is 54.2 Å². The molecule has 5 N–H and O–H groups in total. The molecule has 0 unspecified atom stereocenters. The largest absolute Gasteiger partial charge is 0.477 e. The number of thiophene rings is 3. The number of aromatic carboxylic acids is 5. The van der Waals surface area contributed by atoms with Gasteiger partial charge in [0.05, 0.1) is 22.1 Å². The fraction of sp³-hybridized carbons (Fsp3) is 0. The van der Waals surface area contributed by atoms with Crippen molar-refractivity contribution in [2.45, 2.75) is 0 Å². The van der Waals surface area contributed by atoms with Crippen LogP contribution >= 0.6 is 34.0 Å². The first kappa shape index (κ1) is 112. The molecule has 28 heteroatoms. The summed E-state index contributed by atoms with van der Waals surface area (Å²) in [6.45, 7) is 0. The Bertz CT molecular complexity index is 7830. The number of aromatic nitrogens is 10. The molecule has 0 amide bonds. The third-order valence-corrected chi connectivity index (χ3v) is 24.4. The van der Waals surface area contributed by atoms with Gasteiger partial charge in [-0.05, 0) is 140 Å². The predicted octanol–water partition coefficient (Wildman–Crippen LogP) is 28.3. The summed E-state index contributed by atoms with van der Waals surface area (Å²) in [5, 5.41) is 56.9. The van der Waals surface area contributed by atoms with Gasteiger partial charge in [-0.25, -0.2) is 82.9 Å². The minimum Gasteiger partial charge on any atom is -0.477 e. The van der Waals surface area contributed by atoms with E-state index in [4.69, 9.17) is 25.5 Å². The number of benzene rings is 12. The van der Waals surface area contributed by atoms with Crippen molar-refractivity contribution in [1.29, 1.82) is 0 Å². The predicted molar refractivity (Wildman–Crippen MR) is 567 cm³/mol. The Morgan fingerprint density at radius 2 is 0.544 bits per heavy atom. The average Bonchev–Trinajstić information content (AvgIpc) is 1.66. The Morgan fingerprint density at radius 3 is 0.912 bits per heavy atom. The van der Waals surface area contributed by atoms with Crippen LogP contribution in [0.1, 0.15) is 52.4 Å². The fourth-order valence-electron chi connectivity index (χ4n) is 14.2. The molecule has 0 aliphatic heterocycles. The third-order valence-electron chi connectivity index (χ3n) is 21.1. The first-order valence-electron chi connectivity index (χ1n) is 44.1. The monoisotopic (exact) mass is 2870 g/mol. The van der Waals surface area contributed by atoms with Gasteiger partial charge in [0.2, 0.25) is 0 Å². The van der Waals surface area contributed by atoms with E-state index in [9.17, 15) is 24.0 Å². The molecule has 13 aromatic heterocycles. The van der Waals surface area contributed by atoms with E-state index in [1.54, 1.807) is 101 Å². The SMILES string of the molecule is O=C(O)c1cc2ccccc2cn1.O=C(O)c1ccc2ccccc2n1.O=C(O)c1ccc2ccccc2n1.O=C(O)c1ccc2ccccc2n1.O=C(O)c1nccc2ccccc12.[Ir].[Ir].[Ir].[Ir].[Ir].[c-]1c(-c2ccccn2)sc2ccccc12.[c-]1c(-c2ccccn2)sc2ccccc12.[c-]1c(-c2ccccn2)sc2ccccc12.[c-]1ccccc1-c1cc2ccccc2cn1.[c-]1ccccc1-c1ccc2ccccc2n1. The third kappa shape index (κ3) is 31.2. The number of carboxylic acids is 5. The summed E-state index contributed by atoms with van der Waals surface area (Å²) in [4.78, 5) is 98.0. The smallest absolute Gasteiger partial charge is 0.355 e. The van der Waals surface area contributed by atoms with Crippen LogP contribution in [0.3, 0.4) is 0 Å². The van der Waals surface area contributed by atoms with Gasteiger partial charge < -0.3 is 45.5 Å². The Balaban J connectivity index is 0.000000155. The molecule has 0 fully saturated rings. The van der Waals surface area contributed by atoms with Crippen LogP contribution in [0, 0.1) is 30.3 Å². The van der Waals surface area contributed by atoms with Crippen LogP contribution in [0.15, 0.2) is 450 Å². The first-order chi connectivity index (χ1) is 69.5. The maximum Gasteiger partial charge on any atom is 0.355 e. The van der Waals surface area contributed by atoms with Crippen LogP contribution in [-0.2, 0) is 101 Å². The molecule has 0 aliphatic carbocycles. The standard InChI is InChI=1S/2C15H10N.3C13H8NS.5C10H7NO2.5Ir/c1-2-6-12(7-3-1)15-10-13-8-4-5-9-14(13)11-16-15;1-2-6-12(7-3-1)15-11-10-13-8-4-5-9-14(13)16-15;3*1-2-7-12-10(5-1)9-13(15-12)11-6-3-4-8-14-11;12-10(13)9-5-7-3-1-2-4-8(7)6-11-9;12-10(13)9-8-4-2-1-3-7(8)5-6-11-9;3*12-10(13)9-6-5-7-3-1-2-4-8(7)11-9;;;;;/h2*1-6,8-11H;3*1-8H;5*1-6H,(H,12,13);;;;;/q5*-1;;;;;;;;;;. The Hall–Kier alpha value is -15.6. The summed E-state index contributed by atoms with van der Waals surface area (Å²) in [6, 6.07) is 148. The quantitative estimate of drug-likeness (QED) is 0.0794. The molecule has 25 aromatic rings. The minimum atomic E-state index is -0.995. The number of carboxylic acid groups (broad SMARTS) is 5. The number of carbonyl (C=O) groups is 5. The van der Waals surface area contributed by atoms with Crippen molar-refractivity contribution in [3.63, 3.8) is 0 Å². The van der Waals surface area contributed by atoms with E-state index in [0.717, 1.165) is 92.1 Å². The maximum atomic E-state index is 10.8. The van der Waals surface area contributed by atoms with Crippen LogP contribution in [0.4, 0.5) is 0 Å². The van der Waals surface area contributed by atoms with Gasteiger partial charge >= 0.3 is 29.8 Å². The van der Waals surface area contributed by atoms with Gasteiger partial charge in [-0.2, -0.15) is 0 Å². The summed E-state index contributed by atoms with van der Waals surface area (Å²) >= 11 is 5.20. The number of fused-ring (bicyclic) bond motifs is 10. The minimum absolute atomic E-state index is 0. The molecule has 0 saturated heterocycles. The molecule has 147 heavy (non-hydrogen) atoms. The number of para-hydroxylation sites is 4. The molecular formula is C119H79Ir5N10O10S3-5. The van der Waals surface area contributed by atoms with E-state index in [1.807, 2.05) is 274 Å². The van der Waals surface area contributed by atoms with E-state index in [2.05, 4.69) is 165 Å². The second kappa shape index (κ2) is 56.6. The Morgan fingerprint density at radius 1 is 0.224 bits per heavy atom. The number of rotatable bonds is 10. The van der Waals surface area contributed by atoms with Gasteiger partial charge in [0.15, 0.2) is 5.69 Å². The molecule has 0 saturated carbocycles. The Kier molecular flexibility index (Phi) is 43.1. The molecule has 20 nitrogen and oxygen atoms in total. The van der Waals surface area contributed by atoms with Crippen molar-refractivity contribution >= 4 is 170 Å². The summed E-state index contributed by atoms with van der Waals surface area (Å²) in [5.74, 6) is -4.97. The average molecular weight is 2870 g/mol. The van der Waals surface area contributed by atoms with E-state index < -0.39 is 29.8 Å². The van der Waals surface area contributed by atoms with Gasteiger partial charge in [-0.3, -0.25) is 4.98 Å². The number of hydrogen-bond donors (Lipinski definition) is 5. The van der Waals surface area contributed by atoms with Crippen molar-refractivity contribution < 1.29 is 150 Å². The molecule has 25 rings (SSSR count). The van der Waals surface area contributed by atoms with Crippen molar-refractivity contribution in [2.75, 3.05) is 0 Å². The van der Waals surface area contributed by atoms with Crippen molar-refractivity contribution in [3.05, 3.63) is 508 Å². The normalized spacial score (nSPS) is 10.0. The number of hydrogen-bond acceptors (Lipinski definition) is 18. The van der Waals surface area contributed by atoms with Crippen molar-refractivity contribution in [2.24, 2.45) is 0 Å². The molecule has 733 valence electrons. The summed E-state index contributed by atoms with van der Waals surface area (Å²) in [5.41, 5.74) is 10.6. The first-order valence-corrected chi connectivity index (χ1v) is 46.5. The van der Waals surface area contributed by atoms with E-state index in [-0.39, 0.29) is 129 Å². The van der Waals surface area contributed by atoms with Gasteiger partial charge in [-0.15, -0.1) is 143 Å². The van der Waals surface area contributed by atoms with Gasteiger partial charge in [0, 0.05) is 182 Å². The number of pyridine rings is 10. The van der Waals surface area contributed by atoms with Crippen LogP contribution in [0.2, 0.25) is 0 Å². The topological polar surface area (TPSA) is 315 Å². The van der Waals surface area contributed by atoms with Crippen LogP contribution < -0.4 is 0 Å². The molecule has 0 bridgehead atoms. The van der Waals surface area contributed by atoms with Crippen molar-refractivity contribution in [1.82, 2.24) is 49.8 Å². The second-order valence-electron chi connectivity index (χ2n) is 30.7. The van der Waals surface area contributed by atoms with Gasteiger partial charge in [0.1, 0.15) is 22.8 Å². The Labute approximate surface area is 923 Å². The molecule has 13 heterocycles. The molecule has 0 spiro atoms. The molecule has 12 aromatic carbocycles. The summed E-state index contributed by atoms with van der Waals surface area (Å²) < 4.78 is 3.79. The van der Waals surface area contributed by atoms with E-state index >= 15 is 0 Å². The van der Waals surface area contributed by atoms with E-state index in [0.29, 0.717) is 21.9 Å². The zero-order valence-electron chi connectivity index (χ0n) is 76.9. The number of nitrogens with zero attached hydrogens (tertiary/aromatic N) is 10. The van der Waals surface area contributed by atoms with Crippen LogP contribution in [0.5, 0.6) is 0 Å². The fourth-order valence-corrected chi connectivity index (χ4v) is 17.1. The second-order valence-corrected chi connectivity index (χ2v) is 33.8. The molecule has 0 atom stereocenters. The van der Waals surface area contributed by atoms with Crippen LogP contribution in [-0.4, -0.2) is 105 Å². The van der Waals surface area contributed by atoms with Gasteiger partial charge in [-0.1, -0.05) is 255 Å². The van der Waals surface area contributed by atoms with Gasteiger partial charge in [0.25, 0.3) is 0 Å². The molecule has 0 aliphatic rings. The summed E-state index contributed by atoms with van der Waals surface area (Å²) in [6.07, 6.45) is 10.4. The van der Waals surface area contributed by atoms with E-state index in [1.165, 1.54) is 70.8 Å². The van der Waals surface area contributed by atoms with Crippen LogP contribution in [0.25, 0.3) is 160 Å².